The van der Waals surface area contributed by atoms with E-state index in [0.29, 0.717) is 65.3 Å². The Morgan fingerprint density at radius 2 is 1.91 bits per heavy atom. The van der Waals surface area contributed by atoms with Crippen molar-refractivity contribution in [3.05, 3.63) is 47.5 Å². The summed E-state index contributed by atoms with van der Waals surface area (Å²) in [6.45, 7) is 8.73. The van der Waals surface area contributed by atoms with E-state index >= 15 is 0 Å². The maximum Gasteiger partial charge on any atom is 0.410 e. The summed E-state index contributed by atoms with van der Waals surface area (Å²) < 4.78 is 18.6. The van der Waals surface area contributed by atoms with Gasteiger partial charge in [0.05, 0.1) is 28.6 Å². The van der Waals surface area contributed by atoms with Crippen LogP contribution in [0.1, 0.15) is 33.6 Å². The number of piperazine rings is 1. The molecule has 1 aliphatic carbocycles. The van der Waals surface area contributed by atoms with Gasteiger partial charge in [0, 0.05) is 37.2 Å². The third-order valence-corrected chi connectivity index (χ3v) is 9.30. The predicted molar refractivity (Wildman–Crippen MR) is 179 cm³/mol. The zero-order valence-electron chi connectivity index (χ0n) is 27.0. The highest BCUT2D eigenvalue weighted by molar-refractivity contribution is 6.37. The fourth-order valence-electron chi connectivity index (χ4n) is 6.68. The number of nitrogens with zero attached hydrogens (tertiary/aromatic N) is 5. The fourth-order valence-corrected chi connectivity index (χ4v) is 6.99. The van der Waals surface area contributed by atoms with Crippen LogP contribution in [0.5, 0.6) is 17.5 Å². The molecule has 1 saturated carbocycles. The highest BCUT2D eigenvalue weighted by atomic mass is 35.5. The number of carbonyl (C=O) groups excluding carboxylic acids is 1. The predicted octanol–water partition coefficient (Wildman–Crippen LogP) is 6.35. The second-order valence-electron chi connectivity index (χ2n) is 14.1. The number of hydrogen-bond donors (Lipinski definition) is 1. The summed E-state index contributed by atoms with van der Waals surface area (Å²) in [6.07, 6.45) is 1.85. The standard InChI is InChI=1S/C35H40ClN5O5/c1-34(2,3)46-33(43)40-12-13-41-22(17-40)18-44-30-28-27(37-32(38-31(28)41)45-20-35(10-11-35)19-39(4)5)16-26(29(30)36)25-15-23(42)14-21-8-6-7-9-24(21)25/h6-9,14-16,22,42H,10-13,17-20H2,1-5H3/t22-/m0/s1. The molecule has 11 heteroatoms. The minimum atomic E-state index is -0.596. The molecule has 10 nitrogen and oxygen atoms in total. The highest BCUT2D eigenvalue weighted by Gasteiger charge is 2.44. The zero-order chi connectivity index (χ0) is 32.4. The first kappa shape index (κ1) is 30.6. The molecule has 0 spiro atoms. The molecule has 1 N–H and O–H groups in total. The number of phenolic OH excluding ortho intramolecular Hbond substituents is 1. The second-order valence-corrected chi connectivity index (χ2v) is 14.5. The summed E-state index contributed by atoms with van der Waals surface area (Å²) in [5.74, 6) is 1.29. The second kappa shape index (κ2) is 11.3. The first-order valence-corrected chi connectivity index (χ1v) is 16.2. The van der Waals surface area contributed by atoms with Crippen molar-refractivity contribution in [2.45, 2.75) is 45.3 Å². The van der Waals surface area contributed by atoms with Gasteiger partial charge in [0.25, 0.3) is 0 Å². The number of aromatic hydroxyl groups is 1. The molecule has 2 aliphatic heterocycles. The van der Waals surface area contributed by atoms with Gasteiger partial charge >= 0.3 is 12.1 Å². The Morgan fingerprint density at radius 1 is 1.13 bits per heavy atom. The largest absolute Gasteiger partial charge is 0.508 e. The van der Waals surface area contributed by atoms with Crippen molar-refractivity contribution >= 4 is 45.2 Å². The highest BCUT2D eigenvalue weighted by Crippen LogP contribution is 2.49. The van der Waals surface area contributed by atoms with Gasteiger partial charge in [-0.3, -0.25) is 0 Å². The van der Waals surface area contributed by atoms with E-state index in [1.54, 1.807) is 17.0 Å². The van der Waals surface area contributed by atoms with E-state index < -0.39 is 5.60 Å². The van der Waals surface area contributed by atoms with Gasteiger partial charge in [-0.25, -0.2) is 4.79 Å². The molecule has 1 amide bonds. The van der Waals surface area contributed by atoms with E-state index in [1.807, 2.05) is 51.1 Å². The molecule has 1 atom stereocenters. The maximum atomic E-state index is 13.0. The topological polar surface area (TPSA) is 100 Å². The summed E-state index contributed by atoms with van der Waals surface area (Å²) in [5, 5.41) is 13.6. The normalized spacial score (nSPS) is 18.7. The summed E-state index contributed by atoms with van der Waals surface area (Å²) in [6, 6.07) is 13.4. The fraction of sp³-hybridized carbons (Fsp3) is 0.457. The lowest BCUT2D eigenvalue weighted by Gasteiger charge is -2.41. The third-order valence-electron chi connectivity index (χ3n) is 8.92. The lowest BCUT2D eigenvalue weighted by atomic mass is 9.96. The zero-order valence-corrected chi connectivity index (χ0v) is 27.7. The minimum Gasteiger partial charge on any atom is -0.508 e. The number of ether oxygens (including phenoxy) is 3. The third kappa shape index (κ3) is 5.84. The van der Waals surface area contributed by atoms with E-state index in [9.17, 15) is 9.90 Å². The molecule has 7 rings (SSSR count). The van der Waals surface area contributed by atoms with Crippen LogP contribution in [0.15, 0.2) is 42.5 Å². The van der Waals surface area contributed by atoms with E-state index in [2.05, 4.69) is 23.9 Å². The summed E-state index contributed by atoms with van der Waals surface area (Å²) in [4.78, 5) is 29.1. The van der Waals surface area contributed by atoms with Gasteiger partial charge in [-0.2, -0.15) is 9.97 Å². The Morgan fingerprint density at radius 3 is 2.65 bits per heavy atom. The monoisotopic (exact) mass is 645 g/mol. The van der Waals surface area contributed by atoms with Gasteiger partial charge in [0.15, 0.2) is 5.75 Å². The average Bonchev–Trinajstić information content (AvgIpc) is 3.78. The molecule has 46 heavy (non-hydrogen) atoms. The summed E-state index contributed by atoms with van der Waals surface area (Å²) in [5.41, 5.74) is 1.59. The molecule has 2 fully saturated rings. The molecule has 1 saturated heterocycles. The number of benzene rings is 3. The molecule has 3 heterocycles. The van der Waals surface area contributed by atoms with Crippen LogP contribution in [-0.2, 0) is 4.74 Å². The van der Waals surface area contributed by atoms with Crippen molar-refractivity contribution in [1.82, 2.24) is 19.8 Å². The van der Waals surface area contributed by atoms with Crippen molar-refractivity contribution < 1.29 is 24.1 Å². The lowest BCUT2D eigenvalue weighted by molar-refractivity contribution is 0.0202. The summed E-state index contributed by atoms with van der Waals surface area (Å²) >= 11 is 7.22. The quantitative estimate of drug-likeness (QED) is 0.257. The number of aromatic nitrogens is 2. The number of rotatable bonds is 6. The van der Waals surface area contributed by atoms with Crippen LogP contribution >= 0.6 is 11.6 Å². The molecule has 0 bridgehead atoms. The number of carbonyl (C=O) groups is 1. The average molecular weight is 646 g/mol. The number of hydrogen-bond acceptors (Lipinski definition) is 9. The molecular formula is C35H40ClN5O5. The first-order valence-electron chi connectivity index (χ1n) is 15.8. The molecule has 3 aliphatic rings. The van der Waals surface area contributed by atoms with Gasteiger partial charge in [0.2, 0.25) is 0 Å². The van der Waals surface area contributed by atoms with Crippen molar-refractivity contribution in [2.24, 2.45) is 5.41 Å². The van der Waals surface area contributed by atoms with Gasteiger partial charge < -0.3 is 34.0 Å². The minimum absolute atomic E-state index is 0.0947. The Labute approximate surface area is 273 Å². The molecule has 0 radical (unpaired) electrons. The smallest absolute Gasteiger partial charge is 0.410 e. The van der Waals surface area contributed by atoms with Gasteiger partial charge in [0.1, 0.15) is 23.8 Å². The van der Waals surface area contributed by atoms with Crippen LogP contribution in [0.2, 0.25) is 5.02 Å². The molecule has 4 aromatic rings. The molecule has 0 unspecified atom stereocenters. The Balaban J connectivity index is 1.33. The number of fused-ring (bicyclic) bond motifs is 3. The van der Waals surface area contributed by atoms with Crippen molar-refractivity contribution in [3.63, 3.8) is 0 Å². The van der Waals surface area contributed by atoms with Crippen LogP contribution in [-0.4, -0.2) is 96.1 Å². The van der Waals surface area contributed by atoms with Crippen LogP contribution in [0.3, 0.4) is 0 Å². The number of anilines is 1. The van der Waals surface area contributed by atoms with Crippen LogP contribution in [0.4, 0.5) is 10.6 Å². The van der Waals surface area contributed by atoms with E-state index in [1.165, 1.54) is 0 Å². The van der Waals surface area contributed by atoms with E-state index in [-0.39, 0.29) is 29.9 Å². The molecule has 3 aromatic carbocycles. The van der Waals surface area contributed by atoms with Crippen molar-refractivity contribution in [1.29, 1.82) is 0 Å². The lowest BCUT2D eigenvalue weighted by Crippen LogP contribution is -2.57. The van der Waals surface area contributed by atoms with Gasteiger partial charge in [-0.05, 0) is 82.2 Å². The number of halogens is 1. The van der Waals surface area contributed by atoms with E-state index in [0.717, 1.165) is 35.7 Å². The molecular weight excluding hydrogens is 606 g/mol. The molecule has 242 valence electrons. The van der Waals surface area contributed by atoms with Crippen LogP contribution in [0, 0.1) is 5.41 Å². The van der Waals surface area contributed by atoms with Crippen molar-refractivity contribution in [2.75, 3.05) is 58.4 Å². The van der Waals surface area contributed by atoms with Crippen LogP contribution < -0.4 is 14.4 Å². The van der Waals surface area contributed by atoms with E-state index in [4.69, 9.17) is 35.8 Å². The maximum absolute atomic E-state index is 13.0. The number of phenols is 1. The van der Waals surface area contributed by atoms with Crippen LogP contribution in [0.25, 0.3) is 32.8 Å². The SMILES string of the molecule is CN(C)CC1(COc2nc3c4c(c(Cl)c(-c5cc(O)cc6ccccc56)cc4n2)OC[C@@H]2CN(C(=O)OC(C)(C)C)CCN32)CC1. The number of amides is 1. The Hall–Kier alpha value is -4.02. The first-order chi connectivity index (χ1) is 21.9. The van der Waals surface area contributed by atoms with Gasteiger partial charge in [-0.1, -0.05) is 35.9 Å². The Kier molecular flexibility index (Phi) is 7.55. The molecule has 1 aromatic heterocycles. The van der Waals surface area contributed by atoms with Crippen molar-refractivity contribution in [3.8, 4) is 28.6 Å². The van der Waals surface area contributed by atoms with Gasteiger partial charge in [-0.15, -0.1) is 0 Å². The Bertz CT molecular complexity index is 1840. The summed E-state index contributed by atoms with van der Waals surface area (Å²) in [7, 11) is 4.16.